The number of methoxy groups -OCH3 is 1. The second kappa shape index (κ2) is 12.1. The number of halogens is 2. The molecule has 1 aromatic carbocycles. The van der Waals surface area contributed by atoms with Crippen LogP contribution in [0.2, 0.25) is 0 Å². The molecule has 6 rings (SSSR count). The topological polar surface area (TPSA) is 112 Å². The number of hydrogen-bond donors (Lipinski definition) is 2. The zero-order valence-electron chi connectivity index (χ0n) is 24.6. The minimum Gasteiger partial charge on any atom is -0.493 e. The summed E-state index contributed by atoms with van der Waals surface area (Å²) in [7, 11) is 1.46. The average Bonchev–Trinajstić information content (AvgIpc) is 3.51. The molecular weight excluding hydrogens is 568 g/mol. The molecule has 11 heteroatoms. The Morgan fingerprint density at radius 2 is 1.89 bits per heavy atom. The number of carboxylic acid groups (broad SMARTS) is 1. The number of amides is 1. The van der Waals surface area contributed by atoms with Gasteiger partial charge in [0.1, 0.15) is 11.5 Å². The summed E-state index contributed by atoms with van der Waals surface area (Å²) in [6.45, 7) is 3.70. The summed E-state index contributed by atoms with van der Waals surface area (Å²) >= 11 is 0. The van der Waals surface area contributed by atoms with Gasteiger partial charge in [0.25, 0.3) is 5.91 Å². The Hall–Kier alpha value is -4.80. The molecule has 1 saturated heterocycles. The van der Waals surface area contributed by atoms with Crippen LogP contribution in [-0.2, 0) is 11.2 Å². The van der Waals surface area contributed by atoms with E-state index >= 15 is 4.39 Å². The van der Waals surface area contributed by atoms with Crippen LogP contribution in [0.15, 0.2) is 48.9 Å². The summed E-state index contributed by atoms with van der Waals surface area (Å²) in [5, 5.41) is 10.2. The fourth-order valence-electron chi connectivity index (χ4n) is 6.24. The number of carbonyl (C=O) groups is 2. The number of nitrogens with zero attached hydrogens (tertiary/aromatic N) is 4. The first-order valence-corrected chi connectivity index (χ1v) is 14.7. The summed E-state index contributed by atoms with van der Waals surface area (Å²) in [6, 6.07) is 6.67. The SMILES string of the molecule is CCc1ccncc1-c1cc(C2=CCC[C@@H](C(=O)O)C2)c(F)c2[nH]c(C(=O)N3CCN(c4ncc(F)cc4OC)CC3)cc12. The highest BCUT2D eigenvalue weighted by Gasteiger charge is 2.29. The molecule has 0 saturated carbocycles. The molecule has 0 bridgehead atoms. The first-order valence-electron chi connectivity index (χ1n) is 14.7. The number of aliphatic carboxylic acids is 1. The van der Waals surface area contributed by atoms with Crippen LogP contribution in [-0.4, -0.2) is 70.1 Å². The van der Waals surface area contributed by atoms with Crippen LogP contribution < -0.4 is 9.64 Å². The van der Waals surface area contributed by atoms with Gasteiger partial charge >= 0.3 is 5.97 Å². The van der Waals surface area contributed by atoms with Gasteiger partial charge in [0, 0.05) is 61.2 Å². The standard InChI is InChI=1S/C33H33F2N5O4/c1-3-19-7-8-36-18-26(19)24-15-23(20-5-4-6-21(13-20)33(42)43)29(35)30-25(24)16-27(38-30)32(41)40-11-9-39(10-12-40)31-28(44-2)14-22(34)17-37-31/h5,7-8,14-18,21,38H,3-4,6,9-13H2,1-2H3,(H,42,43)/t21-/m1/s1. The number of nitrogens with one attached hydrogen (secondary N) is 1. The highest BCUT2D eigenvalue weighted by molar-refractivity contribution is 6.05. The second-order valence-electron chi connectivity index (χ2n) is 11.1. The third-order valence-corrected chi connectivity index (χ3v) is 8.62. The van der Waals surface area contributed by atoms with Crippen LogP contribution in [0.4, 0.5) is 14.6 Å². The van der Waals surface area contributed by atoms with Crippen molar-refractivity contribution in [1.82, 2.24) is 19.9 Å². The lowest BCUT2D eigenvalue weighted by atomic mass is 9.84. The Labute approximate surface area is 253 Å². The van der Waals surface area contributed by atoms with Crippen LogP contribution in [0.1, 0.15) is 47.8 Å². The third-order valence-electron chi connectivity index (χ3n) is 8.62. The van der Waals surface area contributed by atoms with Gasteiger partial charge in [-0.05, 0) is 60.6 Å². The van der Waals surface area contributed by atoms with E-state index in [9.17, 15) is 19.1 Å². The van der Waals surface area contributed by atoms with Gasteiger partial charge in [-0.3, -0.25) is 14.6 Å². The van der Waals surface area contributed by atoms with E-state index in [-0.39, 0.29) is 23.5 Å². The number of benzene rings is 1. The van der Waals surface area contributed by atoms with E-state index < -0.39 is 23.5 Å². The number of carboxylic acids is 1. The van der Waals surface area contributed by atoms with Crippen molar-refractivity contribution in [3.8, 4) is 16.9 Å². The van der Waals surface area contributed by atoms with Crippen molar-refractivity contribution < 1.29 is 28.2 Å². The van der Waals surface area contributed by atoms with Crippen molar-refractivity contribution in [2.24, 2.45) is 5.92 Å². The summed E-state index contributed by atoms with van der Waals surface area (Å²) < 4.78 is 35.3. The Balaban J connectivity index is 1.36. The van der Waals surface area contributed by atoms with E-state index in [0.717, 1.165) is 29.3 Å². The number of carbonyl (C=O) groups excluding carboxylic acids is 1. The Morgan fingerprint density at radius 1 is 1.09 bits per heavy atom. The number of piperazine rings is 1. The van der Waals surface area contributed by atoms with Crippen LogP contribution >= 0.6 is 0 Å². The Morgan fingerprint density at radius 3 is 2.61 bits per heavy atom. The number of ether oxygens (including phenoxy) is 1. The normalized spacial score (nSPS) is 17.1. The number of aromatic nitrogens is 3. The van der Waals surface area contributed by atoms with Gasteiger partial charge in [-0.15, -0.1) is 0 Å². The largest absolute Gasteiger partial charge is 0.493 e. The Kier molecular flexibility index (Phi) is 8.03. The number of pyridine rings is 2. The zero-order chi connectivity index (χ0) is 31.0. The molecule has 0 spiro atoms. The lowest BCUT2D eigenvalue weighted by Gasteiger charge is -2.35. The number of anilines is 1. The second-order valence-corrected chi connectivity index (χ2v) is 11.1. The Bertz CT molecular complexity index is 1780. The maximum Gasteiger partial charge on any atom is 0.306 e. The van der Waals surface area contributed by atoms with Crippen molar-refractivity contribution in [1.29, 1.82) is 0 Å². The molecule has 44 heavy (non-hydrogen) atoms. The lowest BCUT2D eigenvalue weighted by Crippen LogP contribution is -2.49. The fourth-order valence-corrected chi connectivity index (χ4v) is 6.24. The number of aryl methyl sites for hydroxylation is 1. The van der Waals surface area contributed by atoms with Crippen LogP contribution in [0.3, 0.4) is 0 Å². The van der Waals surface area contributed by atoms with Crippen LogP contribution in [0.5, 0.6) is 5.75 Å². The molecule has 4 aromatic rings. The van der Waals surface area contributed by atoms with Crippen molar-refractivity contribution in [3.05, 3.63) is 77.4 Å². The van der Waals surface area contributed by atoms with Gasteiger partial charge in [0.05, 0.1) is 24.7 Å². The average molecular weight is 602 g/mol. The van der Waals surface area contributed by atoms with E-state index in [1.165, 1.54) is 13.2 Å². The quantitative estimate of drug-likeness (QED) is 0.279. The molecule has 2 N–H and O–H groups in total. The zero-order valence-corrected chi connectivity index (χ0v) is 24.6. The lowest BCUT2D eigenvalue weighted by molar-refractivity contribution is -0.141. The minimum atomic E-state index is -0.889. The molecule has 2 aliphatic rings. The van der Waals surface area contributed by atoms with E-state index in [2.05, 4.69) is 15.0 Å². The van der Waals surface area contributed by atoms with E-state index in [1.807, 2.05) is 24.0 Å². The van der Waals surface area contributed by atoms with Gasteiger partial charge in [0.2, 0.25) is 0 Å². The highest BCUT2D eigenvalue weighted by Crippen LogP contribution is 2.40. The van der Waals surface area contributed by atoms with Gasteiger partial charge in [-0.2, -0.15) is 0 Å². The van der Waals surface area contributed by atoms with Crippen LogP contribution in [0.25, 0.3) is 27.6 Å². The number of rotatable bonds is 7. The molecule has 0 radical (unpaired) electrons. The van der Waals surface area contributed by atoms with Crippen LogP contribution in [0, 0.1) is 17.6 Å². The molecule has 1 atom stereocenters. The highest BCUT2D eigenvalue weighted by atomic mass is 19.1. The molecule has 1 fully saturated rings. The molecule has 1 aliphatic carbocycles. The molecule has 3 aromatic heterocycles. The smallest absolute Gasteiger partial charge is 0.306 e. The number of aromatic amines is 1. The predicted octanol–water partition coefficient (Wildman–Crippen LogP) is 5.70. The summed E-state index contributed by atoms with van der Waals surface area (Å²) in [5.74, 6) is -1.91. The van der Waals surface area contributed by atoms with Crippen molar-refractivity contribution >= 4 is 34.2 Å². The predicted molar refractivity (Wildman–Crippen MR) is 163 cm³/mol. The summed E-state index contributed by atoms with van der Waals surface area (Å²) in [6.07, 6.45) is 8.53. The molecule has 9 nitrogen and oxygen atoms in total. The molecule has 228 valence electrons. The van der Waals surface area contributed by atoms with Gasteiger partial charge in [-0.1, -0.05) is 13.0 Å². The van der Waals surface area contributed by atoms with E-state index in [4.69, 9.17) is 4.74 Å². The first-order chi connectivity index (χ1) is 21.3. The van der Waals surface area contributed by atoms with Gasteiger partial charge in [-0.25, -0.2) is 13.8 Å². The minimum absolute atomic E-state index is 0.198. The number of H-pyrrole nitrogens is 1. The summed E-state index contributed by atoms with van der Waals surface area (Å²) in [5.41, 5.74) is 4.02. The monoisotopic (exact) mass is 601 g/mol. The number of hydrogen-bond acceptors (Lipinski definition) is 6. The molecule has 1 amide bonds. The maximum absolute atomic E-state index is 16.3. The first kappa shape index (κ1) is 29.3. The summed E-state index contributed by atoms with van der Waals surface area (Å²) in [4.78, 5) is 40.7. The molecule has 1 aliphatic heterocycles. The van der Waals surface area contributed by atoms with E-state index in [1.54, 1.807) is 29.4 Å². The van der Waals surface area contributed by atoms with Gasteiger partial charge < -0.3 is 24.6 Å². The van der Waals surface area contributed by atoms with E-state index in [0.29, 0.717) is 67.1 Å². The third kappa shape index (κ3) is 5.38. The maximum atomic E-state index is 16.3. The van der Waals surface area contributed by atoms with Crippen molar-refractivity contribution in [2.75, 3.05) is 38.2 Å². The molecule has 4 heterocycles. The van der Waals surface area contributed by atoms with Gasteiger partial charge in [0.15, 0.2) is 17.4 Å². The molecule has 0 unspecified atom stereocenters. The number of allylic oxidation sites excluding steroid dienone is 2. The van der Waals surface area contributed by atoms with Crippen molar-refractivity contribution in [2.45, 2.75) is 32.6 Å². The molecular formula is C33H33F2N5O4. The van der Waals surface area contributed by atoms with Crippen molar-refractivity contribution in [3.63, 3.8) is 0 Å². The number of fused-ring (bicyclic) bond motifs is 1. The fraction of sp³-hybridized carbons (Fsp3) is 0.333.